The van der Waals surface area contributed by atoms with Crippen LogP contribution in [-0.2, 0) is 0 Å². The lowest BCUT2D eigenvalue weighted by molar-refractivity contribution is 0.227. The Morgan fingerprint density at radius 3 is 2.90 bits per heavy atom. The van der Waals surface area contributed by atoms with E-state index in [1.165, 1.54) is 7.28 Å². The van der Waals surface area contributed by atoms with Gasteiger partial charge in [-0.25, -0.2) is 0 Å². The average molecular weight is 131 g/mol. The first-order valence-corrected chi connectivity index (χ1v) is 3.02. The summed E-state index contributed by atoms with van der Waals surface area (Å²) in [6.07, 6.45) is 0. The van der Waals surface area contributed by atoms with Gasteiger partial charge < -0.3 is 4.74 Å². The first-order chi connectivity index (χ1) is 4.86. The van der Waals surface area contributed by atoms with Gasteiger partial charge in [0, 0.05) is 0 Å². The maximum Gasteiger partial charge on any atom is 0.304 e. The Morgan fingerprint density at radius 2 is 2.10 bits per heavy atom. The molecule has 1 aliphatic rings. The van der Waals surface area contributed by atoms with Crippen molar-refractivity contribution in [2.45, 2.75) is 0 Å². The highest BCUT2D eigenvalue weighted by Gasteiger charge is 2.20. The van der Waals surface area contributed by atoms with Crippen LogP contribution in [0.25, 0.3) is 0 Å². The van der Waals surface area contributed by atoms with Crippen LogP contribution >= 0.6 is 0 Å². The maximum absolute atomic E-state index is 10.6. The molecule has 10 heavy (non-hydrogen) atoms. The number of para-hydroxylation sites is 1. The second kappa shape index (κ2) is 1.87. The van der Waals surface area contributed by atoms with Gasteiger partial charge in [-0.05, 0) is 11.5 Å². The van der Waals surface area contributed by atoms with Crippen molar-refractivity contribution in [3.63, 3.8) is 0 Å². The highest BCUT2D eigenvalue weighted by atomic mass is 16.5. The molecule has 1 radical (unpaired) electrons. The molecular weight excluding hydrogens is 127 g/mol. The van der Waals surface area contributed by atoms with E-state index in [1.54, 1.807) is 6.07 Å². The van der Waals surface area contributed by atoms with Crippen LogP contribution < -0.4 is 10.2 Å². The Balaban J connectivity index is 2.51. The van der Waals surface area contributed by atoms with Crippen LogP contribution in [-0.4, -0.2) is 13.1 Å². The van der Waals surface area contributed by atoms with Gasteiger partial charge in [0.1, 0.15) is 5.75 Å². The first-order valence-electron chi connectivity index (χ1n) is 3.02. The molecule has 0 atom stereocenters. The molecule has 0 spiro atoms. The van der Waals surface area contributed by atoms with Crippen molar-refractivity contribution in [3.05, 3.63) is 24.3 Å². The highest BCUT2D eigenvalue weighted by molar-refractivity contribution is 6.85. The van der Waals surface area contributed by atoms with Gasteiger partial charge in [0.2, 0.25) is 0 Å². The smallest absolute Gasteiger partial charge is 0.304 e. The number of ether oxygens (including phenoxy) is 1. The Labute approximate surface area is 59.1 Å². The molecule has 0 aromatic heterocycles. The number of carbonyl (C=O) groups is 1. The second-order valence-electron chi connectivity index (χ2n) is 2.10. The van der Waals surface area contributed by atoms with E-state index in [1.807, 2.05) is 18.2 Å². The summed E-state index contributed by atoms with van der Waals surface area (Å²) in [5.74, 6) is 0.383. The van der Waals surface area contributed by atoms with Crippen LogP contribution in [0.5, 0.6) is 5.75 Å². The quantitative estimate of drug-likeness (QED) is 0.480. The van der Waals surface area contributed by atoms with Crippen molar-refractivity contribution in [2.24, 2.45) is 0 Å². The Morgan fingerprint density at radius 1 is 1.30 bits per heavy atom. The maximum atomic E-state index is 10.6. The van der Waals surface area contributed by atoms with E-state index in [9.17, 15) is 4.79 Å². The van der Waals surface area contributed by atoms with Crippen LogP contribution in [0.1, 0.15) is 0 Å². The third-order valence-corrected chi connectivity index (χ3v) is 1.40. The summed E-state index contributed by atoms with van der Waals surface area (Å²) < 4.78 is 4.81. The van der Waals surface area contributed by atoms with E-state index >= 15 is 0 Å². The van der Waals surface area contributed by atoms with E-state index < -0.39 is 0 Å². The van der Waals surface area contributed by atoms with E-state index in [-0.39, 0.29) is 5.87 Å². The van der Waals surface area contributed by atoms with Crippen molar-refractivity contribution >= 4 is 18.6 Å². The molecule has 2 rings (SSSR count). The molecule has 0 aliphatic carbocycles. The SMILES string of the molecule is O=C1[B]c2ccccc2O1. The minimum absolute atomic E-state index is 0.277. The standard InChI is InChI=1S/C7H4BO2/c9-7-8-5-3-1-2-4-6(5)10-7/h1-4H. The van der Waals surface area contributed by atoms with Crippen LogP contribution in [0, 0.1) is 0 Å². The molecule has 0 saturated carbocycles. The topological polar surface area (TPSA) is 26.3 Å². The normalized spacial score (nSPS) is 13.8. The molecule has 1 aromatic carbocycles. The van der Waals surface area contributed by atoms with E-state index in [4.69, 9.17) is 4.74 Å². The van der Waals surface area contributed by atoms with Crippen LogP contribution in [0.4, 0.5) is 4.79 Å². The molecule has 0 bridgehead atoms. The van der Waals surface area contributed by atoms with E-state index in [0.717, 1.165) is 5.46 Å². The fraction of sp³-hybridized carbons (Fsp3) is 0. The lowest BCUT2D eigenvalue weighted by atomic mass is 9.72. The minimum atomic E-state index is -0.277. The van der Waals surface area contributed by atoms with Gasteiger partial charge in [-0.3, -0.25) is 4.79 Å². The van der Waals surface area contributed by atoms with Gasteiger partial charge in [-0.1, -0.05) is 18.2 Å². The number of hydrogen-bond donors (Lipinski definition) is 0. The zero-order chi connectivity index (χ0) is 6.97. The third-order valence-electron chi connectivity index (χ3n) is 1.40. The summed E-state index contributed by atoms with van der Waals surface area (Å²) in [4.78, 5) is 10.6. The molecule has 47 valence electrons. The van der Waals surface area contributed by atoms with Crippen molar-refractivity contribution in [1.82, 2.24) is 0 Å². The molecule has 3 heteroatoms. The van der Waals surface area contributed by atoms with Crippen molar-refractivity contribution < 1.29 is 9.53 Å². The number of rotatable bonds is 0. The Bertz CT molecular complexity index is 256. The van der Waals surface area contributed by atoms with Gasteiger partial charge in [-0.2, -0.15) is 0 Å². The predicted molar refractivity (Wildman–Crippen MR) is 37.9 cm³/mol. The van der Waals surface area contributed by atoms with E-state index in [2.05, 4.69) is 0 Å². The molecule has 2 nitrogen and oxygen atoms in total. The molecular formula is C7H4BO2. The lowest BCUT2D eigenvalue weighted by Gasteiger charge is -1.93. The summed E-state index contributed by atoms with van der Waals surface area (Å²) in [7, 11) is 1.48. The van der Waals surface area contributed by atoms with Crippen LogP contribution in [0.15, 0.2) is 24.3 Å². The molecule has 0 saturated heterocycles. The highest BCUT2D eigenvalue weighted by Crippen LogP contribution is 2.10. The molecule has 0 amide bonds. The van der Waals surface area contributed by atoms with Crippen molar-refractivity contribution in [1.29, 1.82) is 0 Å². The molecule has 0 unspecified atom stereocenters. The summed E-state index contributed by atoms with van der Waals surface area (Å²) >= 11 is 0. The zero-order valence-corrected chi connectivity index (χ0v) is 5.20. The van der Waals surface area contributed by atoms with E-state index in [0.29, 0.717) is 5.75 Å². The minimum Gasteiger partial charge on any atom is -0.435 e. The number of benzene rings is 1. The Kier molecular flexibility index (Phi) is 1.03. The average Bonchev–Trinajstić information content (AvgIpc) is 2.27. The van der Waals surface area contributed by atoms with Gasteiger partial charge in [0.05, 0.1) is 0 Å². The van der Waals surface area contributed by atoms with Crippen molar-refractivity contribution in [2.75, 3.05) is 0 Å². The lowest BCUT2D eigenvalue weighted by Crippen LogP contribution is -2.13. The summed E-state index contributed by atoms with van der Waals surface area (Å²) in [5.41, 5.74) is 0.868. The zero-order valence-electron chi connectivity index (χ0n) is 5.20. The monoisotopic (exact) mass is 131 g/mol. The van der Waals surface area contributed by atoms with Crippen molar-refractivity contribution in [3.8, 4) is 5.75 Å². The van der Waals surface area contributed by atoms with Crippen LogP contribution in [0.2, 0.25) is 0 Å². The second-order valence-corrected chi connectivity index (χ2v) is 2.10. The molecule has 1 aromatic rings. The molecule has 1 aliphatic heterocycles. The van der Waals surface area contributed by atoms with Gasteiger partial charge in [0.15, 0.2) is 0 Å². The van der Waals surface area contributed by atoms with Gasteiger partial charge in [-0.15, -0.1) is 0 Å². The molecule has 1 heterocycles. The molecule has 0 fully saturated rings. The first kappa shape index (κ1) is 5.53. The number of carbonyl (C=O) groups excluding carboxylic acids is 1. The fourth-order valence-electron chi connectivity index (χ4n) is 0.958. The summed E-state index contributed by atoms with van der Waals surface area (Å²) in [6.45, 7) is 0. The van der Waals surface area contributed by atoms with Gasteiger partial charge in [0.25, 0.3) is 5.87 Å². The fourth-order valence-corrected chi connectivity index (χ4v) is 0.958. The number of fused-ring (bicyclic) bond motifs is 1. The summed E-state index contributed by atoms with van der Waals surface area (Å²) in [6, 6.07) is 7.33. The largest absolute Gasteiger partial charge is 0.435 e. The third kappa shape index (κ3) is 0.710. The predicted octanol–water partition coefficient (Wildman–Crippen LogP) is 0.528. The number of hydrogen-bond acceptors (Lipinski definition) is 2. The summed E-state index contributed by atoms with van der Waals surface area (Å²) in [5, 5.41) is 0. The Hall–Kier alpha value is -1.25. The van der Waals surface area contributed by atoms with Crippen LogP contribution in [0.3, 0.4) is 0 Å². The van der Waals surface area contributed by atoms with Gasteiger partial charge >= 0.3 is 7.28 Å². The molecule has 0 N–H and O–H groups in total.